The number of ether oxygens (including phenoxy) is 1. The summed E-state index contributed by atoms with van der Waals surface area (Å²) in [5.74, 6) is -0.136. The number of hydrogen-bond donors (Lipinski definition) is 1. The summed E-state index contributed by atoms with van der Waals surface area (Å²) in [5.41, 5.74) is 0.973. The zero-order valence-electron chi connectivity index (χ0n) is 12.2. The van der Waals surface area contributed by atoms with Crippen molar-refractivity contribution in [1.29, 1.82) is 0 Å². The van der Waals surface area contributed by atoms with Crippen LogP contribution in [0.1, 0.15) is 39.2 Å². The number of nitrogens with one attached hydrogen (secondary N) is 1. The Balaban J connectivity index is 2.01. The summed E-state index contributed by atoms with van der Waals surface area (Å²) in [6.45, 7) is 7.27. The van der Waals surface area contributed by atoms with Gasteiger partial charge in [0, 0.05) is 6.54 Å². The molecular weight excluding hydrogens is 238 g/mol. The Morgan fingerprint density at radius 3 is 2.47 bits per heavy atom. The van der Waals surface area contributed by atoms with Crippen LogP contribution in [0.25, 0.3) is 0 Å². The number of rotatable bonds is 7. The summed E-state index contributed by atoms with van der Waals surface area (Å²) >= 11 is 0. The Hall–Kier alpha value is -1.35. The van der Waals surface area contributed by atoms with Gasteiger partial charge in [-0.25, -0.2) is 0 Å². The van der Waals surface area contributed by atoms with E-state index in [2.05, 4.69) is 29.6 Å². The quantitative estimate of drug-likeness (QED) is 0.607. The number of benzene rings is 1. The maximum atomic E-state index is 11.5. The summed E-state index contributed by atoms with van der Waals surface area (Å²) in [4.78, 5) is 11.5. The van der Waals surface area contributed by atoms with Gasteiger partial charge in [0.05, 0.1) is 6.42 Å². The van der Waals surface area contributed by atoms with Gasteiger partial charge in [-0.3, -0.25) is 4.79 Å². The van der Waals surface area contributed by atoms with Crippen LogP contribution < -0.4 is 5.32 Å². The largest absolute Gasteiger partial charge is 0.460 e. The zero-order chi connectivity index (χ0) is 14.1. The van der Waals surface area contributed by atoms with Crippen LogP contribution in [0, 0.1) is 0 Å². The molecule has 106 valence electrons. The fourth-order valence-corrected chi connectivity index (χ4v) is 1.77. The second kappa shape index (κ2) is 7.95. The smallest absolute Gasteiger partial charge is 0.307 e. The van der Waals surface area contributed by atoms with E-state index in [0.717, 1.165) is 19.4 Å². The lowest BCUT2D eigenvalue weighted by atomic mass is 10.1. The molecule has 0 aliphatic rings. The highest BCUT2D eigenvalue weighted by molar-refractivity contribution is 5.70. The monoisotopic (exact) mass is 263 g/mol. The summed E-state index contributed by atoms with van der Waals surface area (Å²) < 4.78 is 5.23. The molecule has 3 heteroatoms. The first-order valence-electron chi connectivity index (χ1n) is 6.94. The van der Waals surface area contributed by atoms with Gasteiger partial charge in [0.2, 0.25) is 0 Å². The molecule has 1 rings (SSSR count). The molecule has 0 heterocycles. The SMILES string of the molecule is CC(C)(C)OC(=O)CCNCCCc1ccccc1. The van der Waals surface area contributed by atoms with Crippen molar-refractivity contribution < 1.29 is 9.53 Å². The summed E-state index contributed by atoms with van der Waals surface area (Å²) in [7, 11) is 0. The molecule has 0 saturated carbocycles. The van der Waals surface area contributed by atoms with Gasteiger partial charge in [-0.1, -0.05) is 30.3 Å². The molecule has 0 unspecified atom stereocenters. The molecule has 3 nitrogen and oxygen atoms in total. The first-order chi connectivity index (χ1) is 8.97. The maximum Gasteiger partial charge on any atom is 0.307 e. The van der Waals surface area contributed by atoms with Crippen LogP contribution in [0.2, 0.25) is 0 Å². The summed E-state index contributed by atoms with van der Waals surface area (Å²) in [6, 6.07) is 10.4. The minimum Gasteiger partial charge on any atom is -0.460 e. The molecule has 1 aromatic rings. The van der Waals surface area contributed by atoms with Crippen molar-refractivity contribution in [2.24, 2.45) is 0 Å². The number of esters is 1. The second-order valence-electron chi connectivity index (χ2n) is 5.68. The molecule has 0 aliphatic heterocycles. The minimum atomic E-state index is -0.385. The van der Waals surface area contributed by atoms with Gasteiger partial charge in [-0.2, -0.15) is 0 Å². The van der Waals surface area contributed by atoms with Gasteiger partial charge in [-0.15, -0.1) is 0 Å². The zero-order valence-corrected chi connectivity index (χ0v) is 12.2. The molecule has 19 heavy (non-hydrogen) atoms. The topological polar surface area (TPSA) is 38.3 Å². The van der Waals surface area contributed by atoms with Crippen LogP contribution >= 0.6 is 0 Å². The number of carbonyl (C=O) groups excluding carboxylic acids is 1. The molecular formula is C16H25NO2. The summed E-state index contributed by atoms with van der Waals surface area (Å²) in [6.07, 6.45) is 2.58. The van der Waals surface area contributed by atoms with E-state index in [0.29, 0.717) is 13.0 Å². The van der Waals surface area contributed by atoms with Crippen molar-refractivity contribution in [3.63, 3.8) is 0 Å². The molecule has 0 radical (unpaired) electrons. The molecule has 1 aromatic carbocycles. The van der Waals surface area contributed by atoms with E-state index in [1.165, 1.54) is 5.56 Å². The number of hydrogen-bond acceptors (Lipinski definition) is 3. The molecule has 0 fully saturated rings. The highest BCUT2D eigenvalue weighted by Crippen LogP contribution is 2.07. The molecule has 1 N–H and O–H groups in total. The van der Waals surface area contributed by atoms with Crippen LogP contribution in [0.4, 0.5) is 0 Å². The van der Waals surface area contributed by atoms with Crippen molar-refractivity contribution >= 4 is 5.97 Å². The molecule has 0 amide bonds. The Morgan fingerprint density at radius 1 is 1.16 bits per heavy atom. The molecule has 0 aliphatic carbocycles. The van der Waals surface area contributed by atoms with Crippen LogP contribution in [0.3, 0.4) is 0 Å². The van der Waals surface area contributed by atoms with Gasteiger partial charge in [0.1, 0.15) is 5.60 Å². The fraction of sp³-hybridized carbons (Fsp3) is 0.562. The number of aryl methyl sites for hydroxylation is 1. The normalized spacial score (nSPS) is 11.3. The van der Waals surface area contributed by atoms with E-state index in [1.54, 1.807) is 0 Å². The molecule has 0 aromatic heterocycles. The predicted molar refractivity (Wildman–Crippen MR) is 78.1 cm³/mol. The van der Waals surface area contributed by atoms with E-state index in [9.17, 15) is 4.79 Å². The Labute approximate surface area is 116 Å². The number of carbonyl (C=O) groups is 1. The predicted octanol–water partition coefficient (Wildman–Crippen LogP) is 2.94. The van der Waals surface area contributed by atoms with E-state index >= 15 is 0 Å². The average molecular weight is 263 g/mol. The van der Waals surface area contributed by atoms with Crippen molar-refractivity contribution in [2.75, 3.05) is 13.1 Å². The lowest BCUT2D eigenvalue weighted by molar-refractivity contribution is -0.154. The Kier molecular flexibility index (Phi) is 6.57. The Bertz CT molecular complexity index is 368. The van der Waals surface area contributed by atoms with Crippen LogP contribution in [0.15, 0.2) is 30.3 Å². The van der Waals surface area contributed by atoms with Crippen molar-refractivity contribution in [1.82, 2.24) is 5.32 Å². The third kappa shape index (κ3) is 8.38. The molecule has 0 spiro atoms. The summed E-state index contributed by atoms with van der Waals surface area (Å²) in [5, 5.41) is 3.27. The third-order valence-corrected chi connectivity index (χ3v) is 2.59. The lowest BCUT2D eigenvalue weighted by Gasteiger charge is -2.19. The molecule has 0 bridgehead atoms. The van der Waals surface area contributed by atoms with Gasteiger partial charge >= 0.3 is 5.97 Å². The maximum absolute atomic E-state index is 11.5. The standard InChI is InChI=1S/C16H25NO2/c1-16(2,3)19-15(18)11-13-17-12-7-10-14-8-5-4-6-9-14/h4-6,8-9,17H,7,10-13H2,1-3H3. The third-order valence-electron chi connectivity index (χ3n) is 2.59. The van der Waals surface area contributed by atoms with Gasteiger partial charge in [-0.05, 0) is 45.7 Å². The van der Waals surface area contributed by atoms with Crippen molar-refractivity contribution in [3.05, 3.63) is 35.9 Å². The Morgan fingerprint density at radius 2 is 1.84 bits per heavy atom. The van der Waals surface area contributed by atoms with Gasteiger partial charge in [0.25, 0.3) is 0 Å². The highest BCUT2D eigenvalue weighted by Gasteiger charge is 2.15. The van der Waals surface area contributed by atoms with Gasteiger partial charge in [0.15, 0.2) is 0 Å². The van der Waals surface area contributed by atoms with E-state index in [-0.39, 0.29) is 11.6 Å². The minimum absolute atomic E-state index is 0.136. The average Bonchev–Trinajstić information content (AvgIpc) is 2.32. The second-order valence-corrected chi connectivity index (χ2v) is 5.68. The van der Waals surface area contributed by atoms with Crippen LogP contribution in [-0.2, 0) is 16.0 Å². The van der Waals surface area contributed by atoms with Crippen LogP contribution in [0.5, 0.6) is 0 Å². The fourth-order valence-electron chi connectivity index (χ4n) is 1.77. The van der Waals surface area contributed by atoms with Gasteiger partial charge < -0.3 is 10.1 Å². The van der Waals surface area contributed by atoms with E-state index < -0.39 is 0 Å². The van der Waals surface area contributed by atoms with Crippen molar-refractivity contribution in [3.8, 4) is 0 Å². The van der Waals surface area contributed by atoms with Crippen molar-refractivity contribution in [2.45, 2.75) is 45.6 Å². The first-order valence-corrected chi connectivity index (χ1v) is 6.94. The molecule has 0 atom stereocenters. The van der Waals surface area contributed by atoms with E-state index in [4.69, 9.17) is 4.74 Å². The van der Waals surface area contributed by atoms with Crippen LogP contribution in [-0.4, -0.2) is 24.7 Å². The molecule has 0 saturated heterocycles. The lowest BCUT2D eigenvalue weighted by Crippen LogP contribution is -2.27. The first kappa shape index (κ1) is 15.7. The van der Waals surface area contributed by atoms with E-state index in [1.807, 2.05) is 26.8 Å². The highest BCUT2D eigenvalue weighted by atomic mass is 16.6.